The first kappa shape index (κ1) is 24.4. The van der Waals surface area contributed by atoms with Crippen molar-refractivity contribution in [2.45, 2.75) is 46.2 Å². The number of rotatable bonds is 9. The Labute approximate surface area is 153 Å². The van der Waals surface area contributed by atoms with E-state index >= 15 is 0 Å². The largest absolute Gasteiger partial charge is 0.350 e. The van der Waals surface area contributed by atoms with Crippen molar-refractivity contribution < 1.29 is 4.79 Å². The van der Waals surface area contributed by atoms with Crippen LogP contribution in [0, 0.1) is 0 Å². The molecule has 1 amide bonds. The zero-order valence-corrected chi connectivity index (χ0v) is 16.0. The Morgan fingerprint density at radius 3 is 2.22 bits per heavy atom. The second-order valence-corrected chi connectivity index (χ2v) is 5.44. The number of nitrogens with one attached hydrogen (secondary N) is 1. The molecule has 0 saturated carbocycles. The van der Waals surface area contributed by atoms with E-state index in [-0.39, 0.29) is 36.8 Å². The topological polar surface area (TPSA) is 58.4 Å². The molecule has 0 aliphatic rings. The van der Waals surface area contributed by atoms with E-state index in [0.29, 0.717) is 12.1 Å². The van der Waals surface area contributed by atoms with Crippen molar-refractivity contribution in [3.63, 3.8) is 0 Å². The van der Waals surface area contributed by atoms with E-state index in [1.165, 1.54) is 0 Å². The first-order valence-corrected chi connectivity index (χ1v) is 7.92. The lowest BCUT2D eigenvalue weighted by atomic mass is 10.1. The van der Waals surface area contributed by atoms with Gasteiger partial charge < -0.3 is 16.0 Å². The Bertz CT molecular complexity index is 422. The van der Waals surface area contributed by atoms with Gasteiger partial charge in [0, 0.05) is 18.2 Å². The van der Waals surface area contributed by atoms with Gasteiger partial charge in [-0.25, -0.2) is 0 Å². The van der Waals surface area contributed by atoms with E-state index in [4.69, 9.17) is 5.73 Å². The molecular weight excluding hydrogens is 333 g/mol. The molecule has 1 rings (SSSR count). The molecule has 0 aliphatic heterocycles. The number of halogens is 2. The highest BCUT2D eigenvalue weighted by Gasteiger charge is 2.10. The molecule has 134 valence electrons. The van der Waals surface area contributed by atoms with Gasteiger partial charge in [0.15, 0.2) is 0 Å². The van der Waals surface area contributed by atoms with Gasteiger partial charge in [-0.2, -0.15) is 0 Å². The Kier molecular flexibility index (Phi) is 14.5. The van der Waals surface area contributed by atoms with Crippen LogP contribution in [-0.2, 0) is 6.54 Å². The van der Waals surface area contributed by atoms with Crippen LogP contribution in [0.5, 0.6) is 0 Å². The van der Waals surface area contributed by atoms with Crippen LogP contribution in [0.2, 0.25) is 0 Å². The molecule has 0 spiro atoms. The summed E-state index contributed by atoms with van der Waals surface area (Å²) in [4.78, 5) is 14.5. The van der Waals surface area contributed by atoms with Gasteiger partial charge in [-0.15, -0.1) is 24.8 Å². The number of carbonyl (C=O) groups is 1. The monoisotopic (exact) mass is 363 g/mol. The molecule has 1 atom stereocenters. The normalized spacial score (nSPS) is 11.3. The third-order valence-electron chi connectivity index (χ3n) is 3.84. The van der Waals surface area contributed by atoms with Crippen LogP contribution < -0.4 is 11.1 Å². The fourth-order valence-corrected chi connectivity index (χ4v) is 2.33. The highest BCUT2D eigenvalue weighted by Crippen LogP contribution is 2.05. The molecule has 1 unspecified atom stereocenters. The molecule has 0 radical (unpaired) electrons. The molecule has 0 aromatic heterocycles. The van der Waals surface area contributed by atoms with E-state index in [9.17, 15) is 4.79 Å². The number of hydrogen-bond acceptors (Lipinski definition) is 3. The fourth-order valence-electron chi connectivity index (χ4n) is 2.33. The minimum Gasteiger partial charge on any atom is -0.350 e. The molecule has 23 heavy (non-hydrogen) atoms. The summed E-state index contributed by atoms with van der Waals surface area (Å²) < 4.78 is 0. The van der Waals surface area contributed by atoms with Gasteiger partial charge in [-0.3, -0.25) is 4.79 Å². The fraction of sp³-hybridized carbons (Fsp3) is 0.588. The maximum atomic E-state index is 12.1. The Morgan fingerprint density at radius 2 is 1.74 bits per heavy atom. The van der Waals surface area contributed by atoms with Gasteiger partial charge in [0.25, 0.3) is 5.91 Å². The van der Waals surface area contributed by atoms with Gasteiger partial charge >= 0.3 is 0 Å². The Morgan fingerprint density at radius 1 is 1.17 bits per heavy atom. The van der Waals surface area contributed by atoms with Crippen molar-refractivity contribution in [2.75, 3.05) is 19.6 Å². The second kappa shape index (κ2) is 13.6. The van der Waals surface area contributed by atoms with Crippen LogP contribution in [0.3, 0.4) is 0 Å². The van der Waals surface area contributed by atoms with E-state index in [1.807, 2.05) is 24.3 Å². The highest BCUT2D eigenvalue weighted by atomic mass is 35.5. The van der Waals surface area contributed by atoms with E-state index in [2.05, 4.69) is 31.0 Å². The summed E-state index contributed by atoms with van der Waals surface area (Å²) in [6, 6.07) is 7.67. The first-order chi connectivity index (χ1) is 10.1. The van der Waals surface area contributed by atoms with E-state index in [1.54, 1.807) is 0 Å². The van der Waals surface area contributed by atoms with E-state index in [0.717, 1.165) is 38.0 Å². The predicted octanol–water partition coefficient (Wildman–Crippen LogP) is 3.23. The lowest BCUT2D eigenvalue weighted by Gasteiger charge is -2.19. The number of nitrogens with two attached hydrogens (primary N) is 1. The lowest BCUT2D eigenvalue weighted by molar-refractivity contribution is 0.0937. The van der Waals surface area contributed by atoms with Crippen molar-refractivity contribution >= 4 is 30.7 Å². The number of hydrogen-bond donors (Lipinski definition) is 2. The third kappa shape index (κ3) is 9.16. The summed E-state index contributed by atoms with van der Waals surface area (Å²) in [5, 5.41) is 3.05. The van der Waals surface area contributed by atoms with Crippen LogP contribution in [0.4, 0.5) is 0 Å². The summed E-state index contributed by atoms with van der Waals surface area (Å²) in [6.45, 7) is 10.2. The van der Waals surface area contributed by atoms with Gasteiger partial charge in [0.1, 0.15) is 0 Å². The first-order valence-electron chi connectivity index (χ1n) is 7.92. The average Bonchev–Trinajstić information content (AvgIpc) is 2.51. The third-order valence-corrected chi connectivity index (χ3v) is 3.84. The van der Waals surface area contributed by atoms with Crippen LogP contribution in [0.1, 0.15) is 49.5 Å². The quantitative estimate of drug-likeness (QED) is 0.707. The van der Waals surface area contributed by atoms with Crippen LogP contribution in [0.15, 0.2) is 24.3 Å². The van der Waals surface area contributed by atoms with Crippen molar-refractivity contribution in [1.29, 1.82) is 0 Å². The van der Waals surface area contributed by atoms with Crippen LogP contribution in [-0.4, -0.2) is 36.5 Å². The molecule has 6 heteroatoms. The molecule has 1 aromatic rings. The van der Waals surface area contributed by atoms with Gasteiger partial charge in [0.05, 0.1) is 0 Å². The SMILES string of the molecule is CCN(CC)CCCC(C)NC(=O)c1ccc(CN)cc1.Cl.Cl. The zero-order valence-electron chi connectivity index (χ0n) is 14.4. The minimum absolute atomic E-state index is 0. The summed E-state index contributed by atoms with van der Waals surface area (Å²) in [7, 11) is 0. The second-order valence-electron chi connectivity index (χ2n) is 5.44. The van der Waals surface area contributed by atoms with Gasteiger partial charge in [0.2, 0.25) is 0 Å². The molecule has 0 aliphatic carbocycles. The number of benzene rings is 1. The lowest BCUT2D eigenvalue weighted by Crippen LogP contribution is -2.33. The van der Waals surface area contributed by atoms with Crippen LogP contribution in [0.25, 0.3) is 0 Å². The van der Waals surface area contributed by atoms with Crippen LogP contribution >= 0.6 is 24.8 Å². The molecule has 0 fully saturated rings. The molecule has 3 N–H and O–H groups in total. The van der Waals surface area contributed by atoms with Crippen molar-refractivity contribution in [3.8, 4) is 0 Å². The summed E-state index contributed by atoms with van der Waals surface area (Å²) in [6.07, 6.45) is 2.11. The van der Waals surface area contributed by atoms with Crippen molar-refractivity contribution in [2.24, 2.45) is 5.73 Å². The zero-order chi connectivity index (χ0) is 15.7. The number of amides is 1. The van der Waals surface area contributed by atoms with Gasteiger partial charge in [-0.1, -0.05) is 26.0 Å². The number of carbonyl (C=O) groups excluding carboxylic acids is 1. The average molecular weight is 364 g/mol. The minimum atomic E-state index is -0.00564. The molecule has 0 saturated heterocycles. The molecule has 0 heterocycles. The standard InChI is InChI=1S/C17H29N3O.2ClH/c1-4-20(5-2)12-6-7-14(3)19-17(21)16-10-8-15(13-18)9-11-16;;/h8-11,14H,4-7,12-13,18H2,1-3H3,(H,19,21);2*1H. The molecule has 1 aromatic carbocycles. The summed E-state index contributed by atoms with van der Waals surface area (Å²) in [5.74, 6) is -0.00564. The summed E-state index contributed by atoms with van der Waals surface area (Å²) in [5.41, 5.74) is 7.29. The molecule has 4 nitrogen and oxygen atoms in total. The maximum Gasteiger partial charge on any atom is 0.251 e. The number of nitrogens with zero attached hydrogens (tertiary/aromatic N) is 1. The van der Waals surface area contributed by atoms with E-state index < -0.39 is 0 Å². The molecule has 0 bridgehead atoms. The smallest absolute Gasteiger partial charge is 0.251 e. The Hall–Kier alpha value is -0.810. The van der Waals surface area contributed by atoms with Crippen molar-refractivity contribution in [1.82, 2.24) is 10.2 Å². The Balaban J connectivity index is 0. The predicted molar refractivity (Wildman–Crippen MR) is 103 cm³/mol. The summed E-state index contributed by atoms with van der Waals surface area (Å²) >= 11 is 0. The van der Waals surface area contributed by atoms with Crippen molar-refractivity contribution in [3.05, 3.63) is 35.4 Å². The van der Waals surface area contributed by atoms with Gasteiger partial charge in [-0.05, 0) is 57.1 Å². The highest BCUT2D eigenvalue weighted by molar-refractivity contribution is 5.94. The molecular formula is C17H31Cl2N3O. The maximum absolute atomic E-state index is 12.1.